The van der Waals surface area contributed by atoms with Crippen molar-refractivity contribution >= 4 is 21.8 Å². The highest BCUT2D eigenvalue weighted by Gasteiger charge is 2.35. The van der Waals surface area contributed by atoms with Crippen molar-refractivity contribution in [3.8, 4) is 0 Å². The first-order valence-corrected chi connectivity index (χ1v) is 7.71. The molecular formula is C14H21BrN4O. The van der Waals surface area contributed by atoms with Crippen molar-refractivity contribution in [1.29, 1.82) is 0 Å². The number of halogens is 1. The summed E-state index contributed by atoms with van der Waals surface area (Å²) in [6.45, 7) is 2.51. The predicted molar refractivity (Wildman–Crippen MR) is 82.5 cm³/mol. The zero-order valence-corrected chi connectivity index (χ0v) is 13.1. The highest BCUT2D eigenvalue weighted by atomic mass is 79.9. The molecule has 0 aromatic heterocycles. The maximum Gasteiger partial charge on any atom is 0.222 e. The van der Waals surface area contributed by atoms with E-state index in [4.69, 9.17) is 5.73 Å². The van der Waals surface area contributed by atoms with E-state index in [1.165, 1.54) is 5.56 Å². The number of hydrazine groups is 1. The van der Waals surface area contributed by atoms with Crippen molar-refractivity contribution in [2.24, 2.45) is 11.7 Å². The van der Waals surface area contributed by atoms with Gasteiger partial charge in [0.05, 0.1) is 12.2 Å². The standard InChI is InChI=1S/C14H21BrN4O/c1-2-11-13(9-3-5-10(15)6-4-9)18-19-14(11)17-12(20)7-8-16/h3-6,11,13-14,18-19H,2,7-8,16H2,1H3,(H,17,20). The molecule has 1 aromatic carbocycles. The van der Waals surface area contributed by atoms with E-state index in [1.807, 2.05) is 12.1 Å². The van der Waals surface area contributed by atoms with E-state index in [2.05, 4.69) is 51.2 Å². The Bertz CT molecular complexity index is 451. The van der Waals surface area contributed by atoms with Gasteiger partial charge < -0.3 is 11.1 Å². The number of amides is 1. The van der Waals surface area contributed by atoms with E-state index in [0.29, 0.717) is 18.9 Å². The smallest absolute Gasteiger partial charge is 0.222 e. The lowest BCUT2D eigenvalue weighted by atomic mass is 9.90. The second-order valence-electron chi connectivity index (χ2n) is 4.97. The van der Waals surface area contributed by atoms with Crippen LogP contribution in [-0.4, -0.2) is 18.6 Å². The summed E-state index contributed by atoms with van der Waals surface area (Å²) in [5.41, 5.74) is 13.1. The summed E-state index contributed by atoms with van der Waals surface area (Å²) in [5, 5.41) is 2.99. The average molecular weight is 341 g/mol. The number of nitrogens with two attached hydrogens (primary N) is 1. The van der Waals surface area contributed by atoms with Gasteiger partial charge in [0.2, 0.25) is 5.91 Å². The Hall–Kier alpha value is -0.950. The Balaban J connectivity index is 2.05. The third-order valence-corrected chi connectivity index (χ3v) is 4.17. The van der Waals surface area contributed by atoms with E-state index < -0.39 is 0 Å². The molecule has 110 valence electrons. The molecule has 0 radical (unpaired) electrons. The Morgan fingerprint density at radius 1 is 1.35 bits per heavy atom. The van der Waals surface area contributed by atoms with E-state index in [0.717, 1.165) is 10.9 Å². The number of benzene rings is 1. The molecule has 1 saturated heterocycles. The summed E-state index contributed by atoms with van der Waals surface area (Å²) < 4.78 is 1.06. The van der Waals surface area contributed by atoms with Gasteiger partial charge in [0, 0.05) is 23.4 Å². The minimum Gasteiger partial charge on any atom is -0.339 e. The van der Waals surface area contributed by atoms with Gasteiger partial charge >= 0.3 is 0 Å². The molecule has 1 aliphatic heterocycles. The molecule has 2 rings (SSSR count). The minimum atomic E-state index is -0.0623. The molecule has 0 aliphatic carbocycles. The van der Waals surface area contributed by atoms with Gasteiger partial charge in [-0.25, -0.2) is 10.9 Å². The average Bonchev–Trinajstić information content (AvgIpc) is 2.82. The van der Waals surface area contributed by atoms with Crippen LogP contribution in [0.1, 0.15) is 31.4 Å². The Labute approximate surface area is 127 Å². The monoisotopic (exact) mass is 340 g/mol. The molecule has 1 fully saturated rings. The predicted octanol–water partition coefficient (Wildman–Crippen LogP) is 1.42. The zero-order chi connectivity index (χ0) is 14.5. The second-order valence-corrected chi connectivity index (χ2v) is 5.89. The van der Waals surface area contributed by atoms with Crippen LogP contribution >= 0.6 is 15.9 Å². The van der Waals surface area contributed by atoms with Crippen LogP contribution in [0, 0.1) is 5.92 Å². The van der Waals surface area contributed by atoms with Crippen LogP contribution in [-0.2, 0) is 4.79 Å². The SMILES string of the molecule is CCC1C(NC(=O)CCN)NNC1c1ccc(Br)cc1. The van der Waals surface area contributed by atoms with Crippen LogP contribution in [0.3, 0.4) is 0 Å². The molecule has 1 amide bonds. The largest absolute Gasteiger partial charge is 0.339 e. The fraction of sp³-hybridized carbons (Fsp3) is 0.500. The molecule has 0 saturated carbocycles. The lowest BCUT2D eigenvalue weighted by Gasteiger charge is -2.22. The minimum absolute atomic E-state index is 0.0123. The van der Waals surface area contributed by atoms with E-state index in [1.54, 1.807) is 0 Å². The van der Waals surface area contributed by atoms with Crippen molar-refractivity contribution in [3.63, 3.8) is 0 Å². The Morgan fingerprint density at radius 3 is 2.65 bits per heavy atom. The second kappa shape index (κ2) is 7.17. The maximum absolute atomic E-state index is 11.7. The quantitative estimate of drug-likeness (QED) is 0.653. The van der Waals surface area contributed by atoms with Crippen LogP contribution in [0.5, 0.6) is 0 Å². The highest BCUT2D eigenvalue weighted by Crippen LogP contribution is 2.30. The van der Waals surface area contributed by atoms with Crippen molar-refractivity contribution in [2.45, 2.75) is 32.0 Å². The van der Waals surface area contributed by atoms with Gasteiger partial charge in [-0.1, -0.05) is 35.0 Å². The van der Waals surface area contributed by atoms with Gasteiger partial charge in [-0.15, -0.1) is 0 Å². The molecule has 20 heavy (non-hydrogen) atoms. The topological polar surface area (TPSA) is 79.2 Å². The van der Waals surface area contributed by atoms with Gasteiger partial charge in [-0.2, -0.15) is 0 Å². The van der Waals surface area contributed by atoms with Gasteiger partial charge in [0.15, 0.2) is 0 Å². The number of nitrogens with one attached hydrogen (secondary N) is 3. The molecular weight excluding hydrogens is 320 g/mol. The summed E-state index contributed by atoms with van der Waals surface area (Å²) in [4.78, 5) is 11.7. The summed E-state index contributed by atoms with van der Waals surface area (Å²) in [6.07, 6.45) is 1.26. The molecule has 5 N–H and O–H groups in total. The summed E-state index contributed by atoms with van der Waals surface area (Å²) in [7, 11) is 0. The Kier molecular flexibility index (Phi) is 5.54. The fourth-order valence-electron chi connectivity index (χ4n) is 2.58. The number of carbonyl (C=O) groups is 1. The number of hydrogen-bond donors (Lipinski definition) is 4. The molecule has 6 heteroatoms. The molecule has 0 bridgehead atoms. The van der Waals surface area contributed by atoms with Crippen LogP contribution in [0.15, 0.2) is 28.7 Å². The van der Waals surface area contributed by atoms with Crippen LogP contribution < -0.4 is 21.9 Å². The summed E-state index contributed by atoms with van der Waals surface area (Å²) in [5.74, 6) is 0.291. The fourth-order valence-corrected chi connectivity index (χ4v) is 2.84. The molecule has 3 unspecified atom stereocenters. The van der Waals surface area contributed by atoms with Gasteiger partial charge in [0.25, 0.3) is 0 Å². The summed E-state index contributed by atoms with van der Waals surface area (Å²) in [6, 6.07) is 8.44. The third kappa shape index (κ3) is 3.58. The van der Waals surface area contributed by atoms with Gasteiger partial charge in [-0.3, -0.25) is 4.79 Å². The van der Waals surface area contributed by atoms with E-state index in [9.17, 15) is 4.79 Å². The van der Waals surface area contributed by atoms with Crippen molar-refractivity contribution in [1.82, 2.24) is 16.2 Å². The first-order chi connectivity index (χ1) is 9.65. The van der Waals surface area contributed by atoms with Crippen LogP contribution in [0.2, 0.25) is 0 Å². The highest BCUT2D eigenvalue weighted by molar-refractivity contribution is 9.10. The molecule has 1 heterocycles. The zero-order valence-electron chi connectivity index (χ0n) is 11.5. The lowest BCUT2D eigenvalue weighted by molar-refractivity contribution is -0.122. The van der Waals surface area contributed by atoms with Gasteiger partial charge in [-0.05, 0) is 24.1 Å². The van der Waals surface area contributed by atoms with E-state index >= 15 is 0 Å². The Morgan fingerprint density at radius 2 is 2.05 bits per heavy atom. The number of hydrogen-bond acceptors (Lipinski definition) is 4. The first-order valence-electron chi connectivity index (χ1n) is 6.91. The van der Waals surface area contributed by atoms with Gasteiger partial charge in [0.1, 0.15) is 0 Å². The van der Waals surface area contributed by atoms with Crippen molar-refractivity contribution in [2.75, 3.05) is 6.54 Å². The molecule has 1 aliphatic rings. The molecule has 5 nitrogen and oxygen atoms in total. The molecule has 3 atom stereocenters. The number of rotatable bonds is 5. The molecule has 1 aromatic rings. The maximum atomic E-state index is 11.7. The van der Waals surface area contributed by atoms with Crippen molar-refractivity contribution in [3.05, 3.63) is 34.3 Å². The first kappa shape index (κ1) is 15.4. The van der Waals surface area contributed by atoms with Crippen LogP contribution in [0.25, 0.3) is 0 Å². The van der Waals surface area contributed by atoms with Crippen LogP contribution in [0.4, 0.5) is 0 Å². The third-order valence-electron chi connectivity index (χ3n) is 3.64. The summed E-state index contributed by atoms with van der Waals surface area (Å²) >= 11 is 3.44. The lowest BCUT2D eigenvalue weighted by Crippen LogP contribution is -2.47. The number of carbonyl (C=O) groups excluding carboxylic acids is 1. The van der Waals surface area contributed by atoms with Crippen molar-refractivity contribution < 1.29 is 4.79 Å². The normalized spacial score (nSPS) is 25.6. The molecule has 0 spiro atoms. The van der Waals surface area contributed by atoms with E-state index in [-0.39, 0.29) is 18.1 Å².